The second-order valence-corrected chi connectivity index (χ2v) is 5.25. The Kier molecular flexibility index (Phi) is 3.71. The van der Waals surface area contributed by atoms with Crippen molar-refractivity contribution in [1.82, 2.24) is 14.9 Å². The van der Waals surface area contributed by atoms with Crippen molar-refractivity contribution in [3.63, 3.8) is 0 Å². The van der Waals surface area contributed by atoms with E-state index < -0.39 is 12.0 Å². The molecule has 2 atom stereocenters. The number of rotatable bonds is 4. The molecule has 0 saturated heterocycles. The zero-order valence-corrected chi connectivity index (χ0v) is 11.2. The molecule has 0 aliphatic carbocycles. The van der Waals surface area contributed by atoms with Gasteiger partial charge in [0.1, 0.15) is 6.04 Å². The van der Waals surface area contributed by atoms with E-state index in [-0.39, 0.29) is 6.04 Å². The summed E-state index contributed by atoms with van der Waals surface area (Å²) in [4.78, 5) is 15.6. The van der Waals surface area contributed by atoms with Gasteiger partial charge in [-0.3, -0.25) is 10.1 Å². The average molecular weight is 251 g/mol. The number of nitrogens with zero attached hydrogens (tertiary/aromatic N) is 2. The normalized spacial score (nSPS) is 23.1. The molecule has 1 aliphatic rings. The van der Waals surface area contributed by atoms with E-state index >= 15 is 0 Å². The Labute approximate surface area is 107 Å². The monoisotopic (exact) mass is 251 g/mol. The molecule has 0 spiro atoms. The van der Waals surface area contributed by atoms with Gasteiger partial charge in [0.25, 0.3) is 0 Å². The van der Waals surface area contributed by atoms with Crippen LogP contribution >= 0.6 is 0 Å². The summed E-state index contributed by atoms with van der Waals surface area (Å²) < 4.78 is 2.16. The molecule has 1 aromatic rings. The number of carboxylic acids is 1. The van der Waals surface area contributed by atoms with Crippen molar-refractivity contribution in [3.05, 3.63) is 17.7 Å². The second kappa shape index (κ2) is 5.10. The van der Waals surface area contributed by atoms with Crippen molar-refractivity contribution >= 4 is 5.97 Å². The van der Waals surface area contributed by atoms with Gasteiger partial charge >= 0.3 is 5.97 Å². The Morgan fingerprint density at radius 1 is 1.67 bits per heavy atom. The first-order valence-electron chi connectivity index (χ1n) is 6.57. The molecule has 0 fully saturated rings. The molecular weight excluding hydrogens is 230 g/mol. The third kappa shape index (κ3) is 2.27. The zero-order chi connectivity index (χ0) is 13.3. The van der Waals surface area contributed by atoms with Gasteiger partial charge in [-0.05, 0) is 12.3 Å². The lowest BCUT2D eigenvalue weighted by molar-refractivity contribution is -0.140. The van der Waals surface area contributed by atoms with Crippen LogP contribution in [-0.2, 0) is 17.8 Å². The van der Waals surface area contributed by atoms with Crippen LogP contribution in [0.4, 0.5) is 0 Å². The van der Waals surface area contributed by atoms with Crippen LogP contribution in [0.5, 0.6) is 0 Å². The molecule has 0 amide bonds. The van der Waals surface area contributed by atoms with E-state index in [1.165, 1.54) is 5.69 Å². The van der Waals surface area contributed by atoms with Crippen molar-refractivity contribution in [2.45, 2.75) is 52.2 Å². The minimum Gasteiger partial charge on any atom is -0.480 e. The van der Waals surface area contributed by atoms with Crippen LogP contribution in [-0.4, -0.2) is 26.7 Å². The summed E-state index contributed by atoms with van der Waals surface area (Å²) in [6, 6.07) is -0.446. The predicted octanol–water partition coefficient (Wildman–Crippen LogP) is 1.59. The predicted molar refractivity (Wildman–Crippen MR) is 68.4 cm³/mol. The number of hydrogen-bond acceptors (Lipinski definition) is 3. The molecule has 0 saturated carbocycles. The summed E-state index contributed by atoms with van der Waals surface area (Å²) in [7, 11) is 0. The van der Waals surface area contributed by atoms with Gasteiger partial charge in [0.05, 0.1) is 23.8 Å². The maximum absolute atomic E-state index is 11.2. The molecule has 18 heavy (non-hydrogen) atoms. The number of aryl methyl sites for hydroxylation is 1. The fourth-order valence-corrected chi connectivity index (χ4v) is 2.58. The fraction of sp³-hybridized carbons (Fsp3) is 0.692. The smallest absolute Gasteiger partial charge is 0.321 e. The molecule has 0 bridgehead atoms. The highest BCUT2D eigenvalue weighted by Gasteiger charge is 2.34. The van der Waals surface area contributed by atoms with Gasteiger partial charge in [-0.25, -0.2) is 4.98 Å². The van der Waals surface area contributed by atoms with Crippen LogP contribution in [0.25, 0.3) is 0 Å². The maximum atomic E-state index is 11.2. The van der Waals surface area contributed by atoms with Crippen molar-refractivity contribution in [2.75, 3.05) is 0 Å². The third-order valence-electron chi connectivity index (χ3n) is 3.46. The molecular formula is C13H21N3O2. The molecule has 2 heterocycles. The van der Waals surface area contributed by atoms with Gasteiger partial charge in [-0.1, -0.05) is 20.8 Å². The van der Waals surface area contributed by atoms with Crippen LogP contribution in [0.2, 0.25) is 0 Å². The van der Waals surface area contributed by atoms with E-state index in [2.05, 4.69) is 35.6 Å². The summed E-state index contributed by atoms with van der Waals surface area (Å²) >= 11 is 0. The quantitative estimate of drug-likeness (QED) is 0.852. The molecule has 100 valence electrons. The zero-order valence-electron chi connectivity index (χ0n) is 11.2. The fourth-order valence-electron chi connectivity index (χ4n) is 2.58. The van der Waals surface area contributed by atoms with Crippen molar-refractivity contribution < 1.29 is 9.90 Å². The number of carbonyl (C=O) groups is 1. The number of imidazole rings is 1. The number of aliphatic carboxylic acids is 1. The van der Waals surface area contributed by atoms with Gasteiger partial charge in [-0.2, -0.15) is 0 Å². The van der Waals surface area contributed by atoms with Gasteiger partial charge in [0.2, 0.25) is 0 Å². The number of fused-ring (bicyclic) bond motifs is 1. The van der Waals surface area contributed by atoms with E-state index in [0.717, 1.165) is 18.7 Å². The van der Waals surface area contributed by atoms with Crippen molar-refractivity contribution in [2.24, 2.45) is 5.92 Å². The average Bonchev–Trinajstić information content (AvgIpc) is 2.71. The first kappa shape index (κ1) is 13.1. The van der Waals surface area contributed by atoms with Crippen LogP contribution in [0.1, 0.15) is 44.6 Å². The lowest BCUT2D eigenvalue weighted by Gasteiger charge is -2.32. The summed E-state index contributed by atoms with van der Waals surface area (Å²) in [6.45, 7) is 7.28. The van der Waals surface area contributed by atoms with Crippen LogP contribution in [0.3, 0.4) is 0 Å². The molecule has 1 aliphatic heterocycles. The van der Waals surface area contributed by atoms with Crippen LogP contribution < -0.4 is 5.32 Å². The first-order chi connectivity index (χ1) is 8.54. The number of hydrogen-bond donors (Lipinski definition) is 2. The van der Waals surface area contributed by atoms with E-state index in [0.29, 0.717) is 12.3 Å². The Bertz CT molecular complexity index is 439. The SMILES string of the molecule is CCCn1cnc2c1C(C(C)C)NC(C(=O)O)C2. The van der Waals surface area contributed by atoms with Crippen molar-refractivity contribution in [3.8, 4) is 0 Å². The summed E-state index contributed by atoms with van der Waals surface area (Å²) in [5.41, 5.74) is 2.11. The number of carboxylic acid groups (broad SMARTS) is 1. The molecule has 0 aromatic carbocycles. The molecule has 0 radical (unpaired) electrons. The second-order valence-electron chi connectivity index (χ2n) is 5.25. The minimum atomic E-state index is -0.795. The maximum Gasteiger partial charge on any atom is 0.321 e. The Hall–Kier alpha value is -1.36. The number of aromatic nitrogens is 2. The van der Waals surface area contributed by atoms with Crippen LogP contribution in [0.15, 0.2) is 6.33 Å². The Balaban J connectivity index is 2.37. The van der Waals surface area contributed by atoms with Gasteiger partial charge < -0.3 is 9.67 Å². The standard InChI is InChI=1S/C13H21N3O2/c1-4-5-16-7-14-9-6-10(13(17)18)15-11(8(2)3)12(9)16/h7-8,10-11,15H,4-6H2,1-3H3,(H,17,18). The molecule has 1 aromatic heterocycles. The lowest BCUT2D eigenvalue weighted by atomic mass is 9.91. The molecule has 5 heteroatoms. The topological polar surface area (TPSA) is 67.2 Å². The van der Waals surface area contributed by atoms with E-state index in [1.54, 1.807) is 0 Å². The Morgan fingerprint density at radius 2 is 2.39 bits per heavy atom. The largest absolute Gasteiger partial charge is 0.480 e. The molecule has 5 nitrogen and oxygen atoms in total. The summed E-state index contributed by atoms with van der Waals surface area (Å²) in [5, 5.41) is 12.4. The van der Waals surface area contributed by atoms with Gasteiger partial charge in [-0.15, -0.1) is 0 Å². The third-order valence-corrected chi connectivity index (χ3v) is 3.46. The van der Waals surface area contributed by atoms with Gasteiger partial charge in [0, 0.05) is 13.0 Å². The first-order valence-corrected chi connectivity index (χ1v) is 6.57. The highest BCUT2D eigenvalue weighted by atomic mass is 16.4. The number of nitrogens with one attached hydrogen (secondary N) is 1. The van der Waals surface area contributed by atoms with Crippen LogP contribution in [0, 0.1) is 5.92 Å². The Morgan fingerprint density at radius 3 is 2.94 bits per heavy atom. The van der Waals surface area contributed by atoms with E-state index in [4.69, 9.17) is 0 Å². The summed E-state index contributed by atoms with van der Waals surface area (Å²) in [5.74, 6) is -0.449. The highest BCUT2D eigenvalue weighted by molar-refractivity contribution is 5.74. The highest BCUT2D eigenvalue weighted by Crippen LogP contribution is 2.30. The molecule has 2 rings (SSSR count). The molecule has 2 unspecified atom stereocenters. The minimum absolute atomic E-state index is 0.0731. The van der Waals surface area contributed by atoms with Gasteiger partial charge in [0.15, 0.2) is 0 Å². The van der Waals surface area contributed by atoms with E-state index in [9.17, 15) is 9.90 Å². The van der Waals surface area contributed by atoms with E-state index in [1.807, 2.05) is 6.33 Å². The summed E-state index contributed by atoms with van der Waals surface area (Å²) in [6.07, 6.45) is 3.37. The lowest BCUT2D eigenvalue weighted by Crippen LogP contribution is -2.46. The molecule has 2 N–H and O–H groups in total. The van der Waals surface area contributed by atoms with Crippen molar-refractivity contribution in [1.29, 1.82) is 0 Å².